The van der Waals surface area contributed by atoms with Gasteiger partial charge in [-0.15, -0.1) is 11.3 Å². The molecular weight excluding hydrogens is 426 g/mol. The molecule has 0 saturated heterocycles. The molecule has 0 atom stereocenters. The topological polar surface area (TPSA) is 98.1 Å². The van der Waals surface area contributed by atoms with Gasteiger partial charge < -0.3 is 4.74 Å². The van der Waals surface area contributed by atoms with E-state index in [2.05, 4.69) is 16.0 Å². The summed E-state index contributed by atoms with van der Waals surface area (Å²) in [5, 5.41) is 6.98. The van der Waals surface area contributed by atoms with Crippen LogP contribution in [0.15, 0.2) is 54.0 Å². The van der Waals surface area contributed by atoms with E-state index in [4.69, 9.17) is 9.72 Å². The monoisotopic (exact) mass is 449 g/mol. The van der Waals surface area contributed by atoms with Crippen LogP contribution in [0.2, 0.25) is 0 Å². The fraction of sp³-hybridized carbons (Fsp3) is 0.217. The summed E-state index contributed by atoms with van der Waals surface area (Å²) in [5.74, 6) is -0.198. The van der Waals surface area contributed by atoms with Gasteiger partial charge in [-0.25, -0.2) is 9.67 Å². The van der Waals surface area contributed by atoms with Gasteiger partial charge in [0.1, 0.15) is 5.75 Å². The van der Waals surface area contributed by atoms with E-state index in [0.717, 1.165) is 4.88 Å². The fourth-order valence-electron chi connectivity index (χ4n) is 3.26. The number of hydrogen-bond acceptors (Lipinski definition) is 6. The molecule has 2 amide bonds. The predicted octanol–water partition coefficient (Wildman–Crippen LogP) is 4.21. The number of rotatable bonds is 6. The number of nitrogens with one attached hydrogen (secondary N) is 2. The van der Waals surface area contributed by atoms with Crippen molar-refractivity contribution >= 4 is 34.2 Å². The number of nitrogens with zero attached hydrogens (tertiary/aromatic N) is 3. The van der Waals surface area contributed by atoms with Gasteiger partial charge >= 0.3 is 0 Å². The summed E-state index contributed by atoms with van der Waals surface area (Å²) >= 11 is 1.54. The SMILES string of the molecule is CCOc1ccc(C(=O)NNC(=O)c2cc(-c3cccs3)nc3c2cnn3C(C)C)cc1. The van der Waals surface area contributed by atoms with Gasteiger partial charge in [-0.1, -0.05) is 6.07 Å². The number of fused-ring (bicyclic) bond motifs is 1. The molecular formula is C23H23N5O3S. The van der Waals surface area contributed by atoms with Gasteiger partial charge in [-0.05, 0) is 62.5 Å². The number of carbonyl (C=O) groups excluding carboxylic acids is 2. The second-order valence-corrected chi connectivity index (χ2v) is 8.27. The van der Waals surface area contributed by atoms with Crippen molar-refractivity contribution in [1.29, 1.82) is 0 Å². The van der Waals surface area contributed by atoms with Crippen molar-refractivity contribution in [2.75, 3.05) is 6.61 Å². The predicted molar refractivity (Wildman–Crippen MR) is 124 cm³/mol. The molecule has 3 heterocycles. The van der Waals surface area contributed by atoms with Crippen LogP contribution in [0.3, 0.4) is 0 Å². The molecule has 2 N–H and O–H groups in total. The highest BCUT2D eigenvalue weighted by Gasteiger charge is 2.19. The summed E-state index contributed by atoms with van der Waals surface area (Å²) in [6, 6.07) is 12.4. The third-order valence-electron chi connectivity index (χ3n) is 4.79. The van der Waals surface area contributed by atoms with Crippen LogP contribution >= 0.6 is 11.3 Å². The number of pyridine rings is 1. The third kappa shape index (κ3) is 4.33. The number of carbonyl (C=O) groups is 2. The minimum absolute atomic E-state index is 0.0776. The van der Waals surface area contributed by atoms with Gasteiger partial charge in [0, 0.05) is 11.6 Å². The van der Waals surface area contributed by atoms with E-state index in [-0.39, 0.29) is 6.04 Å². The largest absolute Gasteiger partial charge is 0.494 e. The van der Waals surface area contributed by atoms with E-state index >= 15 is 0 Å². The van der Waals surface area contributed by atoms with Gasteiger partial charge in [0.05, 0.1) is 34.3 Å². The maximum atomic E-state index is 13.0. The minimum atomic E-state index is -0.446. The number of thiophene rings is 1. The molecule has 0 aliphatic carbocycles. The van der Waals surface area contributed by atoms with Crippen molar-refractivity contribution in [2.45, 2.75) is 26.8 Å². The minimum Gasteiger partial charge on any atom is -0.494 e. The Bertz CT molecular complexity index is 1250. The van der Waals surface area contributed by atoms with Crippen LogP contribution in [0, 0.1) is 0 Å². The molecule has 0 bridgehead atoms. The number of ether oxygens (including phenoxy) is 1. The lowest BCUT2D eigenvalue weighted by atomic mass is 10.1. The first-order chi connectivity index (χ1) is 15.5. The Morgan fingerprint density at radius 1 is 1.12 bits per heavy atom. The molecule has 8 nitrogen and oxygen atoms in total. The standard InChI is InChI=1S/C23H23N5O3S/c1-4-31-16-9-7-15(8-10-16)22(29)26-27-23(30)17-12-19(20-6-5-11-32-20)25-21-18(17)13-24-28(21)14(2)3/h5-14H,4H2,1-3H3,(H,26,29)(H,27,30). The van der Waals surface area contributed by atoms with Gasteiger partial charge in [0.25, 0.3) is 11.8 Å². The summed E-state index contributed by atoms with van der Waals surface area (Å²) in [6.07, 6.45) is 1.63. The highest BCUT2D eigenvalue weighted by atomic mass is 32.1. The summed E-state index contributed by atoms with van der Waals surface area (Å²) in [4.78, 5) is 31.2. The van der Waals surface area contributed by atoms with E-state index in [9.17, 15) is 9.59 Å². The zero-order valence-corrected chi connectivity index (χ0v) is 18.8. The van der Waals surface area contributed by atoms with Crippen molar-refractivity contribution in [2.24, 2.45) is 0 Å². The second kappa shape index (κ2) is 9.19. The smallest absolute Gasteiger partial charge is 0.270 e. The van der Waals surface area contributed by atoms with Crippen LogP contribution in [0.25, 0.3) is 21.6 Å². The average molecular weight is 450 g/mol. The number of benzene rings is 1. The molecule has 4 aromatic rings. The average Bonchev–Trinajstić information content (AvgIpc) is 3.47. The number of hydrogen-bond donors (Lipinski definition) is 2. The van der Waals surface area contributed by atoms with E-state index < -0.39 is 11.8 Å². The highest BCUT2D eigenvalue weighted by molar-refractivity contribution is 7.13. The molecule has 0 saturated carbocycles. The Balaban J connectivity index is 1.59. The highest BCUT2D eigenvalue weighted by Crippen LogP contribution is 2.28. The van der Waals surface area contributed by atoms with Crippen LogP contribution in [0.4, 0.5) is 0 Å². The lowest BCUT2D eigenvalue weighted by Crippen LogP contribution is -2.41. The van der Waals surface area contributed by atoms with Gasteiger partial charge in [0.2, 0.25) is 0 Å². The van der Waals surface area contributed by atoms with Crippen LogP contribution in [0.5, 0.6) is 5.75 Å². The zero-order chi connectivity index (χ0) is 22.7. The van der Waals surface area contributed by atoms with E-state index in [1.807, 2.05) is 38.3 Å². The first-order valence-electron chi connectivity index (χ1n) is 10.2. The van der Waals surface area contributed by atoms with Crippen molar-refractivity contribution in [3.8, 4) is 16.3 Å². The number of amides is 2. The van der Waals surface area contributed by atoms with Gasteiger partial charge in [0.15, 0.2) is 5.65 Å². The molecule has 4 rings (SSSR count). The summed E-state index contributed by atoms with van der Waals surface area (Å²) < 4.78 is 7.16. The van der Waals surface area contributed by atoms with Crippen LogP contribution in [0.1, 0.15) is 47.5 Å². The fourth-order valence-corrected chi connectivity index (χ4v) is 3.94. The Morgan fingerprint density at radius 2 is 1.88 bits per heavy atom. The summed E-state index contributed by atoms with van der Waals surface area (Å²) in [6.45, 7) is 6.44. The van der Waals surface area contributed by atoms with Crippen LogP contribution in [-0.4, -0.2) is 33.2 Å². The summed E-state index contributed by atoms with van der Waals surface area (Å²) in [7, 11) is 0. The molecule has 0 aliphatic rings. The van der Waals surface area contributed by atoms with E-state index in [1.165, 1.54) is 11.3 Å². The van der Waals surface area contributed by atoms with Crippen molar-refractivity contribution in [3.63, 3.8) is 0 Å². The molecule has 3 aromatic heterocycles. The van der Waals surface area contributed by atoms with Crippen molar-refractivity contribution in [3.05, 3.63) is 65.2 Å². The molecule has 0 aliphatic heterocycles. The quantitative estimate of drug-likeness (QED) is 0.430. The molecule has 0 spiro atoms. The zero-order valence-electron chi connectivity index (χ0n) is 18.0. The Morgan fingerprint density at radius 3 is 2.53 bits per heavy atom. The maximum Gasteiger partial charge on any atom is 0.270 e. The molecule has 0 unspecified atom stereocenters. The van der Waals surface area contributed by atoms with Crippen molar-refractivity contribution < 1.29 is 14.3 Å². The molecule has 0 fully saturated rings. The van der Waals surface area contributed by atoms with Gasteiger partial charge in [-0.2, -0.15) is 5.10 Å². The van der Waals surface area contributed by atoms with E-state index in [0.29, 0.717) is 40.2 Å². The summed E-state index contributed by atoms with van der Waals surface area (Å²) in [5.41, 5.74) is 7.07. The lowest BCUT2D eigenvalue weighted by molar-refractivity contribution is 0.0847. The van der Waals surface area contributed by atoms with Crippen LogP contribution in [-0.2, 0) is 0 Å². The number of hydrazine groups is 1. The van der Waals surface area contributed by atoms with E-state index in [1.54, 1.807) is 41.2 Å². The second-order valence-electron chi connectivity index (χ2n) is 7.32. The Kier molecular flexibility index (Phi) is 6.18. The molecule has 9 heteroatoms. The van der Waals surface area contributed by atoms with Crippen LogP contribution < -0.4 is 15.6 Å². The Hall–Kier alpha value is -3.72. The lowest BCUT2D eigenvalue weighted by Gasteiger charge is -2.11. The third-order valence-corrected chi connectivity index (χ3v) is 5.68. The number of aromatic nitrogens is 3. The maximum absolute atomic E-state index is 13.0. The first-order valence-corrected chi connectivity index (χ1v) is 11.1. The normalized spacial score (nSPS) is 11.0. The molecule has 164 valence electrons. The first kappa shape index (κ1) is 21.5. The molecule has 1 aromatic carbocycles. The van der Waals surface area contributed by atoms with Gasteiger partial charge in [-0.3, -0.25) is 20.4 Å². The van der Waals surface area contributed by atoms with Crippen molar-refractivity contribution in [1.82, 2.24) is 25.6 Å². The Labute approximate surface area is 189 Å². The molecule has 0 radical (unpaired) electrons. The molecule has 32 heavy (non-hydrogen) atoms.